The number of para-hydroxylation sites is 1. The van der Waals surface area contributed by atoms with Gasteiger partial charge in [-0.1, -0.05) is 32.0 Å². The fourth-order valence-electron chi connectivity index (χ4n) is 1.93. The summed E-state index contributed by atoms with van der Waals surface area (Å²) in [5.41, 5.74) is 6.54. The highest BCUT2D eigenvalue weighted by atomic mass is 16.5. The van der Waals surface area contributed by atoms with Crippen LogP contribution >= 0.6 is 0 Å². The lowest BCUT2D eigenvalue weighted by atomic mass is 10.0. The van der Waals surface area contributed by atoms with Gasteiger partial charge in [0.15, 0.2) is 6.61 Å². The molecule has 4 heteroatoms. The van der Waals surface area contributed by atoms with E-state index < -0.39 is 0 Å². The average molecular weight is 278 g/mol. The Kier molecular flexibility index (Phi) is 7.09. The van der Waals surface area contributed by atoms with E-state index in [1.54, 1.807) is 0 Å². The number of amides is 1. The Balaban J connectivity index is 2.36. The molecule has 0 bridgehead atoms. The molecule has 1 aromatic rings. The van der Waals surface area contributed by atoms with Crippen LogP contribution in [-0.2, 0) is 11.3 Å². The molecular weight excluding hydrogens is 252 g/mol. The van der Waals surface area contributed by atoms with Crippen LogP contribution in [0.15, 0.2) is 24.3 Å². The highest BCUT2D eigenvalue weighted by molar-refractivity contribution is 5.77. The predicted octanol–water partition coefficient (Wildman–Crippen LogP) is 2.46. The van der Waals surface area contributed by atoms with Crippen LogP contribution in [0.25, 0.3) is 0 Å². The highest BCUT2D eigenvalue weighted by Crippen LogP contribution is 2.16. The van der Waals surface area contributed by atoms with E-state index in [0.717, 1.165) is 18.4 Å². The van der Waals surface area contributed by atoms with Crippen LogP contribution in [0.1, 0.15) is 39.2 Å². The molecule has 3 N–H and O–H groups in total. The zero-order valence-corrected chi connectivity index (χ0v) is 12.7. The first-order valence-electron chi connectivity index (χ1n) is 7.23. The van der Waals surface area contributed by atoms with Crippen molar-refractivity contribution in [3.63, 3.8) is 0 Å². The molecule has 0 aliphatic rings. The first-order chi connectivity index (χ1) is 9.52. The van der Waals surface area contributed by atoms with Crippen LogP contribution in [0.5, 0.6) is 5.75 Å². The van der Waals surface area contributed by atoms with Crippen LogP contribution in [-0.4, -0.2) is 18.6 Å². The van der Waals surface area contributed by atoms with Gasteiger partial charge in [-0.3, -0.25) is 4.79 Å². The molecule has 0 aliphatic carbocycles. The summed E-state index contributed by atoms with van der Waals surface area (Å²) in [6.07, 6.45) is 2.10. The maximum absolute atomic E-state index is 11.8. The molecule has 1 atom stereocenters. The SMILES string of the molecule is CC(C)CCC(C)NC(=O)COc1ccccc1CN. The van der Waals surface area contributed by atoms with Gasteiger partial charge in [0.2, 0.25) is 0 Å². The Bertz CT molecular complexity index is 419. The molecular formula is C16H26N2O2. The molecule has 0 saturated carbocycles. The summed E-state index contributed by atoms with van der Waals surface area (Å²) in [6.45, 7) is 6.82. The molecule has 4 nitrogen and oxygen atoms in total. The predicted molar refractivity (Wildman–Crippen MR) is 81.5 cm³/mol. The van der Waals surface area contributed by atoms with Gasteiger partial charge in [-0.25, -0.2) is 0 Å². The number of nitrogens with one attached hydrogen (secondary N) is 1. The lowest BCUT2D eigenvalue weighted by Crippen LogP contribution is -2.36. The largest absolute Gasteiger partial charge is 0.483 e. The van der Waals surface area contributed by atoms with Crippen molar-refractivity contribution >= 4 is 5.91 Å². The van der Waals surface area contributed by atoms with E-state index >= 15 is 0 Å². The number of benzene rings is 1. The number of carbonyl (C=O) groups is 1. The molecule has 1 aromatic carbocycles. The van der Waals surface area contributed by atoms with Crippen molar-refractivity contribution < 1.29 is 9.53 Å². The standard InChI is InChI=1S/C16H26N2O2/c1-12(2)8-9-13(3)18-16(19)11-20-15-7-5-4-6-14(15)10-17/h4-7,12-13H,8-11,17H2,1-3H3,(H,18,19). The second kappa shape index (κ2) is 8.59. The third-order valence-corrected chi connectivity index (χ3v) is 3.14. The summed E-state index contributed by atoms with van der Waals surface area (Å²) < 4.78 is 5.52. The number of ether oxygens (including phenoxy) is 1. The van der Waals surface area contributed by atoms with E-state index in [9.17, 15) is 4.79 Å². The molecule has 1 unspecified atom stereocenters. The number of hydrogen-bond donors (Lipinski definition) is 2. The molecule has 112 valence electrons. The maximum atomic E-state index is 11.8. The monoisotopic (exact) mass is 278 g/mol. The van der Waals surface area contributed by atoms with Gasteiger partial charge < -0.3 is 15.8 Å². The van der Waals surface area contributed by atoms with Crippen LogP contribution in [0.4, 0.5) is 0 Å². The van der Waals surface area contributed by atoms with Crippen LogP contribution in [0.3, 0.4) is 0 Å². The molecule has 20 heavy (non-hydrogen) atoms. The van der Waals surface area contributed by atoms with Crippen molar-refractivity contribution in [3.8, 4) is 5.75 Å². The van der Waals surface area contributed by atoms with Crippen LogP contribution in [0, 0.1) is 5.92 Å². The average Bonchev–Trinajstić information content (AvgIpc) is 2.43. The van der Waals surface area contributed by atoms with E-state index in [4.69, 9.17) is 10.5 Å². The quantitative estimate of drug-likeness (QED) is 0.767. The van der Waals surface area contributed by atoms with Gasteiger partial charge in [-0.15, -0.1) is 0 Å². The number of carbonyl (C=O) groups excluding carboxylic acids is 1. The third-order valence-electron chi connectivity index (χ3n) is 3.14. The smallest absolute Gasteiger partial charge is 0.258 e. The summed E-state index contributed by atoms with van der Waals surface area (Å²) >= 11 is 0. The second-order valence-corrected chi connectivity index (χ2v) is 5.54. The van der Waals surface area contributed by atoms with E-state index in [1.165, 1.54) is 0 Å². The minimum absolute atomic E-state index is 0.0308. The van der Waals surface area contributed by atoms with Gasteiger partial charge in [0.05, 0.1) is 0 Å². The van der Waals surface area contributed by atoms with Crippen molar-refractivity contribution in [2.24, 2.45) is 11.7 Å². The minimum atomic E-state index is -0.0897. The first-order valence-corrected chi connectivity index (χ1v) is 7.23. The zero-order valence-electron chi connectivity index (χ0n) is 12.7. The van der Waals surface area contributed by atoms with Crippen molar-refractivity contribution in [1.82, 2.24) is 5.32 Å². The lowest BCUT2D eigenvalue weighted by Gasteiger charge is -2.16. The van der Waals surface area contributed by atoms with Crippen LogP contribution < -0.4 is 15.8 Å². The topological polar surface area (TPSA) is 64.3 Å². The molecule has 1 rings (SSSR count). The highest BCUT2D eigenvalue weighted by Gasteiger charge is 2.09. The zero-order chi connectivity index (χ0) is 15.0. The summed E-state index contributed by atoms with van der Waals surface area (Å²) in [5.74, 6) is 1.25. The van der Waals surface area contributed by atoms with E-state index in [1.807, 2.05) is 31.2 Å². The van der Waals surface area contributed by atoms with E-state index in [-0.39, 0.29) is 18.6 Å². The summed E-state index contributed by atoms with van der Waals surface area (Å²) in [7, 11) is 0. The van der Waals surface area contributed by atoms with Crippen molar-refractivity contribution in [1.29, 1.82) is 0 Å². The lowest BCUT2D eigenvalue weighted by molar-refractivity contribution is -0.123. The Labute approximate surface area is 121 Å². The van der Waals surface area contributed by atoms with Gasteiger partial charge in [0, 0.05) is 18.2 Å². The van der Waals surface area contributed by atoms with Gasteiger partial charge in [0.25, 0.3) is 5.91 Å². The van der Waals surface area contributed by atoms with Crippen molar-refractivity contribution in [3.05, 3.63) is 29.8 Å². The first kappa shape index (κ1) is 16.5. The molecule has 0 heterocycles. The molecule has 1 amide bonds. The molecule has 0 spiro atoms. The van der Waals surface area contributed by atoms with Gasteiger partial charge in [0.1, 0.15) is 5.75 Å². The number of rotatable bonds is 8. The normalized spacial score (nSPS) is 12.2. The van der Waals surface area contributed by atoms with Crippen LogP contribution in [0.2, 0.25) is 0 Å². The summed E-state index contributed by atoms with van der Waals surface area (Å²) in [4.78, 5) is 11.8. The van der Waals surface area contributed by atoms with Crippen molar-refractivity contribution in [2.75, 3.05) is 6.61 Å². The number of hydrogen-bond acceptors (Lipinski definition) is 3. The molecule has 0 saturated heterocycles. The molecule has 0 radical (unpaired) electrons. The Morgan fingerprint density at radius 3 is 2.60 bits per heavy atom. The van der Waals surface area contributed by atoms with Crippen molar-refractivity contribution in [2.45, 2.75) is 46.2 Å². The Morgan fingerprint density at radius 2 is 1.95 bits per heavy atom. The number of nitrogens with two attached hydrogens (primary N) is 1. The fourth-order valence-corrected chi connectivity index (χ4v) is 1.93. The van der Waals surface area contributed by atoms with E-state index in [0.29, 0.717) is 18.2 Å². The van der Waals surface area contributed by atoms with Gasteiger partial charge in [-0.2, -0.15) is 0 Å². The Hall–Kier alpha value is -1.55. The second-order valence-electron chi connectivity index (χ2n) is 5.54. The van der Waals surface area contributed by atoms with Gasteiger partial charge >= 0.3 is 0 Å². The minimum Gasteiger partial charge on any atom is -0.483 e. The summed E-state index contributed by atoms with van der Waals surface area (Å²) in [6, 6.07) is 7.69. The van der Waals surface area contributed by atoms with E-state index in [2.05, 4.69) is 19.2 Å². The molecule has 0 aliphatic heterocycles. The third kappa shape index (κ3) is 6.06. The summed E-state index contributed by atoms with van der Waals surface area (Å²) in [5, 5.41) is 2.95. The van der Waals surface area contributed by atoms with Gasteiger partial charge in [-0.05, 0) is 31.7 Å². The maximum Gasteiger partial charge on any atom is 0.258 e. The Morgan fingerprint density at radius 1 is 1.25 bits per heavy atom. The molecule has 0 fully saturated rings. The molecule has 0 aromatic heterocycles. The fraction of sp³-hybridized carbons (Fsp3) is 0.562.